The van der Waals surface area contributed by atoms with Crippen LogP contribution in [0.3, 0.4) is 0 Å². The second-order valence-electron chi connectivity index (χ2n) is 14.6. The van der Waals surface area contributed by atoms with Gasteiger partial charge < -0.3 is 4.74 Å². The lowest BCUT2D eigenvalue weighted by Gasteiger charge is -2.55. The van der Waals surface area contributed by atoms with Gasteiger partial charge in [-0.05, 0) is 125 Å². The first-order chi connectivity index (χ1) is 20.5. The Bertz CT molecular complexity index is 1450. The molecule has 2 unspecified atom stereocenters. The molecule has 0 saturated heterocycles. The van der Waals surface area contributed by atoms with Crippen molar-refractivity contribution in [1.82, 2.24) is 14.8 Å². The van der Waals surface area contributed by atoms with E-state index >= 15 is 0 Å². The van der Waals surface area contributed by atoms with E-state index in [2.05, 4.69) is 57.2 Å². The van der Waals surface area contributed by atoms with E-state index in [9.17, 15) is 9.90 Å². The summed E-state index contributed by atoms with van der Waals surface area (Å²) in [7, 11) is 1.73. The van der Waals surface area contributed by atoms with Crippen molar-refractivity contribution < 1.29 is 14.6 Å². The summed E-state index contributed by atoms with van der Waals surface area (Å²) < 4.78 is 7.49. The number of ether oxygens (including phenoxy) is 1. The monoisotopic (exact) mass is 583 g/mol. The molecule has 7 heteroatoms. The maximum atomic E-state index is 14.3. The van der Waals surface area contributed by atoms with Crippen LogP contribution in [0.1, 0.15) is 96.1 Å². The molecule has 0 spiro atoms. The Balaban J connectivity index is 1.28. The number of methoxy groups -OCH3 is 1. The van der Waals surface area contributed by atoms with Crippen molar-refractivity contribution in [2.75, 3.05) is 18.6 Å². The first-order valence-electron chi connectivity index (χ1n) is 16.2. The number of nitrogens with zero attached hydrogens (tertiary/aromatic N) is 4. The zero-order valence-electron chi connectivity index (χ0n) is 26.6. The number of carbonyl (C=O) groups is 1. The van der Waals surface area contributed by atoms with Crippen LogP contribution in [-0.2, 0) is 20.9 Å². The molecule has 1 radical (unpaired) electrons. The summed E-state index contributed by atoms with van der Waals surface area (Å²) >= 11 is 0. The Labute approximate surface area is 256 Å². The third kappa shape index (κ3) is 5.73. The Morgan fingerprint density at radius 1 is 1.02 bits per heavy atom. The molecule has 2 atom stereocenters. The van der Waals surface area contributed by atoms with Crippen molar-refractivity contribution in [3.8, 4) is 16.9 Å². The van der Waals surface area contributed by atoms with Crippen LogP contribution in [0.2, 0.25) is 0 Å². The highest BCUT2D eigenvalue weighted by molar-refractivity contribution is 5.95. The minimum absolute atomic E-state index is 0.0303. The summed E-state index contributed by atoms with van der Waals surface area (Å²) in [6.45, 7) is 9.14. The van der Waals surface area contributed by atoms with E-state index in [0.717, 1.165) is 68.2 Å². The molecule has 4 fully saturated rings. The van der Waals surface area contributed by atoms with Crippen molar-refractivity contribution in [2.45, 2.75) is 109 Å². The quantitative estimate of drug-likeness (QED) is 0.286. The molecular formula is C36H47N4O3. The fourth-order valence-corrected chi connectivity index (χ4v) is 7.91. The molecule has 2 heterocycles. The Kier molecular flexibility index (Phi) is 7.91. The number of amides is 1. The summed E-state index contributed by atoms with van der Waals surface area (Å²) in [5.74, 6) is 1.09. The van der Waals surface area contributed by atoms with E-state index < -0.39 is 12.0 Å². The van der Waals surface area contributed by atoms with E-state index in [1.165, 1.54) is 11.1 Å². The number of aryl methyl sites for hydroxylation is 1. The summed E-state index contributed by atoms with van der Waals surface area (Å²) in [5.41, 5.74) is 4.71. The third-order valence-corrected chi connectivity index (χ3v) is 10.8. The van der Waals surface area contributed by atoms with E-state index in [4.69, 9.17) is 9.72 Å². The van der Waals surface area contributed by atoms with Gasteiger partial charge in [0.25, 0.3) is 0 Å². The number of carbonyl (C=O) groups excluding carboxylic acids is 1. The van der Waals surface area contributed by atoms with Gasteiger partial charge in [-0.25, -0.2) is 10.1 Å². The fourth-order valence-electron chi connectivity index (χ4n) is 7.91. The molecule has 0 aliphatic heterocycles. The Hall–Kier alpha value is -3.19. The first kappa shape index (κ1) is 29.9. The van der Waals surface area contributed by atoms with Crippen molar-refractivity contribution in [2.24, 2.45) is 11.3 Å². The van der Waals surface area contributed by atoms with Gasteiger partial charge in [0, 0.05) is 24.5 Å². The van der Waals surface area contributed by atoms with Gasteiger partial charge in [-0.2, -0.15) is 5.10 Å². The maximum Gasteiger partial charge on any atom is 0.234 e. The average molecular weight is 584 g/mol. The Morgan fingerprint density at radius 2 is 1.74 bits per heavy atom. The molecule has 1 aromatic carbocycles. The minimum Gasteiger partial charge on any atom is -0.496 e. The Morgan fingerprint density at radius 3 is 2.37 bits per heavy atom. The van der Waals surface area contributed by atoms with Gasteiger partial charge >= 0.3 is 0 Å². The number of hydrogen-bond donors (Lipinski definition) is 0. The molecule has 4 saturated carbocycles. The summed E-state index contributed by atoms with van der Waals surface area (Å²) in [4.78, 5) is 20.9. The van der Waals surface area contributed by atoms with Crippen LogP contribution >= 0.6 is 0 Å². The van der Waals surface area contributed by atoms with E-state index in [-0.39, 0.29) is 22.3 Å². The van der Waals surface area contributed by atoms with Crippen molar-refractivity contribution in [1.29, 1.82) is 0 Å². The summed E-state index contributed by atoms with van der Waals surface area (Å²) in [6, 6.07) is 10.7. The molecule has 2 aromatic heterocycles. The minimum atomic E-state index is -0.835. The molecule has 4 aliphatic rings. The van der Waals surface area contributed by atoms with Crippen molar-refractivity contribution >= 4 is 11.7 Å². The largest absolute Gasteiger partial charge is 0.496 e. The number of aromatic nitrogens is 3. The number of fused-ring (bicyclic) bond motifs is 3. The highest BCUT2D eigenvalue weighted by Crippen LogP contribution is 2.58. The van der Waals surface area contributed by atoms with Gasteiger partial charge in [0.15, 0.2) is 0 Å². The van der Waals surface area contributed by atoms with Gasteiger partial charge in [0.1, 0.15) is 17.7 Å². The second-order valence-corrected chi connectivity index (χ2v) is 14.6. The summed E-state index contributed by atoms with van der Waals surface area (Å²) in [6.07, 6.45) is 14.6. The van der Waals surface area contributed by atoms with E-state index in [0.29, 0.717) is 25.2 Å². The predicted molar refractivity (Wildman–Crippen MR) is 169 cm³/mol. The zero-order chi connectivity index (χ0) is 30.4. The van der Waals surface area contributed by atoms with Gasteiger partial charge in [0.05, 0.1) is 24.8 Å². The van der Waals surface area contributed by atoms with Crippen LogP contribution in [0.25, 0.3) is 11.1 Å². The molecule has 1 amide bonds. The molecule has 4 aliphatic carbocycles. The van der Waals surface area contributed by atoms with Crippen molar-refractivity contribution in [3.63, 3.8) is 0 Å². The summed E-state index contributed by atoms with van der Waals surface area (Å²) in [5, 5.41) is 17.7. The predicted octanol–water partition coefficient (Wildman–Crippen LogP) is 7.63. The standard InChI is InChI=1S/C36H47N4O3/c1-25-20-28(10-11-31(25)43-5)36-16-13-35(14-17-36,15-18-36)24-39(33(42)29-8-6-7-9-30(29)41)32-21-26(12-19-37-32)27-22-38-40(23-27)34(2,3)4/h10-12,19-23,29-30H,6-9,13-18,24H2,1-5H3. The highest BCUT2D eigenvalue weighted by atomic mass is 16.5. The van der Waals surface area contributed by atoms with Gasteiger partial charge in [0.2, 0.25) is 5.91 Å². The van der Waals surface area contributed by atoms with E-state index in [1.54, 1.807) is 13.3 Å². The molecule has 7 rings (SSSR count). The molecule has 2 bridgehead atoms. The molecule has 0 N–H and O–H groups in total. The van der Waals surface area contributed by atoms with Crippen LogP contribution in [-0.4, -0.2) is 40.4 Å². The number of anilines is 1. The van der Waals surface area contributed by atoms with Crippen LogP contribution in [0, 0.1) is 18.3 Å². The SMILES string of the molecule is COc1ccc(C23CCC(CN(C(=O)C4CCCCC4[O])c4cc(-c5cnn(C(C)(C)C)c5)ccn4)(CC2)CC3)cc1C. The second kappa shape index (κ2) is 11.4. The van der Waals surface area contributed by atoms with Crippen LogP contribution in [0.15, 0.2) is 48.9 Å². The zero-order valence-corrected chi connectivity index (χ0v) is 26.6. The fraction of sp³-hybridized carbons (Fsp3) is 0.583. The van der Waals surface area contributed by atoms with Gasteiger partial charge in [-0.15, -0.1) is 0 Å². The molecule has 229 valence electrons. The van der Waals surface area contributed by atoms with Crippen molar-refractivity contribution in [3.05, 3.63) is 60.0 Å². The molecule has 43 heavy (non-hydrogen) atoms. The van der Waals surface area contributed by atoms with Gasteiger partial charge in [-0.3, -0.25) is 14.4 Å². The van der Waals surface area contributed by atoms with Crippen LogP contribution in [0.5, 0.6) is 5.75 Å². The maximum absolute atomic E-state index is 14.3. The third-order valence-electron chi connectivity index (χ3n) is 10.8. The van der Waals surface area contributed by atoms with E-state index in [1.807, 2.05) is 27.9 Å². The lowest BCUT2D eigenvalue weighted by atomic mass is 9.51. The first-order valence-corrected chi connectivity index (χ1v) is 16.2. The average Bonchev–Trinajstić information content (AvgIpc) is 3.53. The number of rotatable bonds is 7. The lowest BCUT2D eigenvalue weighted by Crippen LogP contribution is -2.52. The topological polar surface area (TPSA) is 80.1 Å². The molecule has 7 nitrogen and oxygen atoms in total. The van der Waals surface area contributed by atoms with Crippen LogP contribution < -0.4 is 9.64 Å². The smallest absolute Gasteiger partial charge is 0.234 e. The highest BCUT2D eigenvalue weighted by Gasteiger charge is 2.51. The normalized spacial score (nSPS) is 27.2. The van der Waals surface area contributed by atoms with Crippen LogP contribution in [0.4, 0.5) is 5.82 Å². The number of hydrogen-bond acceptors (Lipinski definition) is 4. The lowest BCUT2D eigenvalue weighted by molar-refractivity contribution is -0.130. The number of pyridine rings is 1. The molecule has 3 aromatic rings. The van der Waals surface area contributed by atoms with Gasteiger partial charge in [-0.1, -0.05) is 25.0 Å². The molecular weight excluding hydrogens is 536 g/mol. The number of benzene rings is 1.